The van der Waals surface area contributed by atoms with Crippen molar-refractivity contribution in [1.82, 2.24) is 19.3 Å². The molecule has 0 aliphatic heterocycles. The molecule has 0 aliphatic carbocycles. The van der Waals surface area contributed by atoms with Crippen LogP contribution >= 0.6 is 11.3 Å². The second-order valence-electron chi connectivity index (χ2n) is 5.07. The van der Waals surface area contributed by atoms with Crippen LogP contribution in [0.3, 0.4) is 0 Å². The van der Waals surface area contributed by atoms with Crippen LogP contribution < -0.4 is 4.72 Å². The number of fused-ring (bicyclic) bond motifs is 1. The summed E-state index contributed by atoms with van der Waals surface area (Å²) < 4.78 is 49.9. The van der Waals surface area contributed by atoms with Crippen LogP contribution in [0.2, 0.25) is 0 Å². The molecule has 0 spiro atoms. The molecule has 0 bridgehead atoms. The molecule has 0 saturated carbocycles. The van der Waals surface area contributed by atoms with Crippen molar-refractivity contribution in [2.45, 2.75) is 4.34 Å². The van der Waals surface area contributed by atoms with Gasteiger partial charge in [-0.15, -0.1) is 5.10 Å². The van der Waals surface area contributed by atoms with Gasteiger partial charge in [0, 0.05) is 12.1 Å². The van der Waals surface area contributed by atoms with E-state index in [4.69, 9.17) is 0 Å². The Balaban J connectivity index is 1.82. The molecule has 0 fully saturated rings. The Bertz CT molecular complexity index is 1040. The Kier molecular flexibility index (Phi) is 4.42. The zero-order valence-electron chi connectivity index (χ0n) is 12.6. The first-order chi connectivity index (χ1) is 11.2. The summed E-state index contributed by atoms with van der Waals surface area (Å²) in [5.74, 6) is -0.359. The first-order valence-electron chi connectivity index (χ1n) is 6.84. The molecule has 2 heterocycles. The Morgan fingerprint density at radius 2 is 1.88 bits per heavy atom. The number of benzene rings is 1. The van der Waals surface area contributed by atoms with E-state index < -0.39 is 19.9 Å². The average Bonchev–Trinajstić information content (AvgIpc) is 3.05. The maximum Gasteiger partial charge on any atom is 0.232 e. The number of rotatable bonds is 6. The lowest BCUT2D eigenvalue weighted by molar-refractivity contribution is 0.584. The fourth-order valence-corrected chi connectivity index (χ4v) is 4.96. The molecule has 1 N–H and O–H groups in total. The summed E-state index contributed by atoms with van der Waals surface area (Å²) >= 11 is 0.953. The van der Waals surface area contributed by atoms with E-state index >= 15 is 0 Å². The van der Waals surface area contributed by atoms with Crippen molar-refractivity contribution in [3.8, 4) is 11.3 Å². The summed E-state index contributed by atoms with van der Waals surface area (Å²) in [4.78, 5) is 4.84. The van der Waals surface area contributed by atoms with Crippen LogP contribution in [0, 0.1) is 0 Å². The van der Waals surface area contributed by atoms with Gasteiger partial charge in [0.25, 0.3) is 0 Å². The monoisotopic (exact) mass is 386 g/mol. The van der Waals surface area contributed by atoms with Crippen LogP contribution in [0.4, 0.5) is 0 Å². The van der Waals surface area contributed by atoms with Gasteiger partial charge < -0.3 is 0 Å². The fraction of sp³-hybridized carbons (Fsp3) is 0.231. The van der Waals surface area contributed by atoms with Crippen molar-refractivity contribution < 1.29 is 16.8 Å². The molecule has 3 aromatic rings. The van der Waals surface area contributed by atoms with Gasteiger partial charge in [-0.1, -0.05) is 41.7 Å². The van der Waals surface area contributed by atoms with E-state index in [9.17, 15) is 16.8 Å². The summed E-state index contributed by atoms with van der Waals surface area (Å²) in [5.41, 5.74) is 1.62. The lowest BCUT2D eigenvalue weighted by atomic mass is 10.2. The molecule has 11 heteroatoms. The van der Waals surface area contributed by atoms with Crippen LogP contribution in [0.15, 0.2) is 40.9 Å². The van der Waals surface area contributed by atoms with Gasteiger partial charge in [-0.05, 0) is 0 Å². The van der Waals surface area contributed by atoms with Gasteiger partial charge in [-0.25, -0.2) is 31.1 Å². The number of sulfone groups is 1. The molecule has 0 radical (unpaired) electrons. The minimum Gasteiger partial charge on any atom is -0.221 e. The van der Waals surface area contributed by atoms with Crippen LogP contribution in [-0.4, -0.2) is 50.0 Å². The SMILES string of the molecule is CS(=O)(=O)NCCS(=O)(=O)c1nn2cc(-c3ccccc3)nc2s1. The molecule has 0 unspecified atom stereocenters. The van der Waals surface area contributed by atoms with Crippen molar-refractivity contribution >= 4 is 36.2 Å². The normalized spacial score (nSPS) is 12.7. The largest absolute Gasteiger partial charge is 0.232 e. The van der Waals surface area contributed by atoms with E-state index in [1.165, 1.54) is 4.52 Å². The number of nitrogens with zero attached hydrogens (tertiary/aromatic N) is 3. The predicted octanol–water partition coefficient (Wildman–Crippen LogP) is 0.781. The minimum absolute atomic E-state index is 0.0834. The fourth-order valence-electron chi connectivity index (χ4n) is 2.00. The lowest BCUT2D eigenvalue weighted by Gasteiger charge is -2.01. The lowest BCUT2D eigenvalue weighted by Crippen LogP contribution is -2.28. The molecule has 3 rings (SSSR count). The second-order valence-corrected chi connectivity index (χ2v) is 10.1. The molecule has 0 atom stereocenters. The Hall–Kier alpha value is -1.82. The molecule has 0 saturated heterocycles. The van der Waals surface area contributed by atoms with E-state index in [2.05, 4.69) is 14.8 Å². The highest BCUT2D eigenvalue weighted by molar-refractivity contribution is 7.93. The quantitative estimate of drug-likeness (QED) is 0.670. The highest BCUT2D eigenvalue weighted by atomic mass is 32.2. The van der Waals surface area contributed by atoms with Crippen molar-refractivity contribution in [1.29, 1.82) is 0 Å². The third kappa shape index (κ3) is 3.80. The third-order valence-corrected chi connectivity index (χ3v) is 6.91. The Morgan fingerprint density at radius 3 is 2.50 bits per heavy atom. The molecular formula is C13H14N4O4S3. The van der Waals surface area contributed by atoms with Gasteiger partial charge in [0.2, 0.25) is 29.2 Å². The molecular weight excluding hydrogens is 372 g/mol. The van der Waals surface area contributed by atoms with Crippen molar-refractivity contribution in [3.05, 3.63) is 36.5 Å². The summed E-state index contributed by atoms with van der Waals surface area (Å²) in [6, 6.07) is 9.49. The summed E-state index contributed by atoms with van der Waals surface area (Å²) in [5, 5.41) is 4.05. The number of aromatic nitrogens is 3. The number of sulfonamides is 1. The summed E-state index contributed by atoms with van der Waals surface area (Å²) in [6.45, 7) is -0.196. The van der Waals surface area contributed by atoms with E-state index in [1.54, 1.807) is 6.20 Å². The Labute approximate surface area is 143 Å². The highest BCUT2D eigenvalue weighted by Crippen LogP contribution is 2.24. The number of nitrogens with one attached hydrogen (secondary N) is 1. The topological polar surface area (TPSA) is 110 Å². The van der Waals surface area contributed by atoms with E-state index in [0.29, 0.717) is 10.7 Å². The number of imidazole rings is 1. The van der Waals surface area contributed by atoms with Crippen molar-refractivity contribution in [2.75, 3.05) is 18.6 Å². The summed E-state index contributed by atoms with van der Waals surface area (Å²) in [6.07, 6.45) is 2.64. The highest BCUT2D eigenvalue weighted by Gasteiger charge is 2.21. The van der Waals surface area contributed by atoms with Gasteiger partial charge in [0.15, 0.2) is 0 Å². The van der Waals surface area contributed by atoms with E-state index in [1.807, 2.05) is 30.3 Å². The minimum atomic E-state index is -3.67. The van der Waals surface area contributed by atoms with Crippen molar-refractivity contribution in [3.63, 3.8) is 0 Å². The molecule has 128 valence electrons. The second kappa shape index (κ2) is 6.24. The van der Waals surface area contributed by atoms with Gasteiger partial charge in [0.1, 0.15) is 0 Å². The van der Waals surface area contributed by atoms with Crippen LogP contribution in [-0.2, 0) is 19.9 Å². The van der Waals surface area contributed by atoms with Crippen LogP contribution in [0.25, 0.3) is 16.2 Å². The average molecular weight is 386 g/mol. The predicted molar refractivity (Wildman–Crippen MR) is 91.2 cm³/mol. The zero-order chi connectivity index (χ0) is 17.4. The standard InChI is InChI=1S/C13H14N4O4S3/c1-23(18,19)14-7-8-24(20,21)13-16-17-9-11(15-12(17)22-13)10-5-3-2-4-6-10/h2-6,9,14H,7-8H2,1H3. The summed E-state index contributed by atoms with van der Waals surface area (Å²) in [7, 11) is -7.10. The molecule has 24 heavy (non-hydrogen) atoms. The van der Waals surface area contributed by atoms with Gasteiger partial charge in [-0.3, -0.25) is 0 Å². The van der Waals surface area contributed by atoms with Crippen LogP contribution in [0.1, 0.15) is 0 Å². The van der Waals surface area contributed by atoms with Gasteiger partial charge in [0.05, 0.1) is 23.9 Å². The van der Waals surface area contributed by atoms with Gasteiger partial charge in [-0.2, -0.15) is 0 Å². The van der Waals surface area contributed by atoms with Gasteiger partial charge >= 0.3 is 0 Å². The number of hydrogen-bond acceptors (Lipinski definition) is 7. The molecule has 8 nitrogen and oxygen atoms in total. The Morgan fingerprint density at radius 1 is 1.17 bits per heavy atom. The molecule has 0 amide bonds. The first kappa shape index (κ1) is 17.0. The van der Waals surface area contributed by atoms with Crippen molar-refractivity contribution in [2.24, 2.45) is 0 Å². The number of hydrogen-bond donors (Lipinski definition) is 1. The smallest absolute Gasteiger partial charge is 0.221 e. The maximum atomic E-state index is 12.2. The molecule has 1 aromatic carbocycles. The van der Waals surface area contributed by atoms with Crippen LogP contribution in [0.5, 0.6) is 0 Å². The first-order valence-corrected chi connectivity index (χ1v) is 11.2. The molecule has 2 aromatic heterocycles. The third-order valence-electron chi connectivity index (χ3n) is 3.10. The zero-order valence-corrected chi connectivity index (χ0v) is 15.0. The molecule has 0 aliphatic rings. The van der Waals surface area contributed by atoms with E-state index in [0.717, 1.165) is 23.2 Å². The maximum absolute atomic E-state index is 12.2. The van der Waals surface area contributed by atoms with E-state index in [-0.39, 0.29) is 16.6 Å².